The number of hydrogen-bond donors (Lipinski definition) is 0. The quantitative estimate of drug-likeness (QED) is 0.438. The average Bonchev–Trinajstić information content (AvgIpc) is 2.05. The molecule has 0 fully saturated rings. The third-order valence-electron chi connectivity index (χ3n) is 3.06. The minimum atomic E-state index is 0.156. The Kier molecular flexibility index (Phi) is 5.13. The Hall–Kier alpha value is 0.0969. The molecule has 0 saturated heterocycles. The van der Waals surface area contributed by atoms with Crippen LogP contribution in [0.15, 0.2) is 0 Å². The lowest BCUT2D eigenvalue weighted by atomic mass is 10.4. The van der Waals surface area contributed by atoms with Crippen molar-refractivity contribution >= 4 is 10.2 Å². The van der Waals surface area contributed by atoms with E-state index < -0.39 is 0 Å². The van der Waals surface area contributed by atoms with Crippen LogP contribution in [0.2, 0.25) is 0 Å². The molecule has 0 N–H and O–H groups in total. The zero-order chi connectivity index (χ0) is 10.6. The van der Waals surface area contributed by atoms with Gasteiger partial charge in [-0.05, 0) is 41.3 Å². The minimum absolute atomic E-state index is 0.156. The van der Waals surface area contributed by atoms with Crippen molar-refractivity contribution in [2.45, 2.75) is 19.3 Å². The highest BCUT2D eigenvalue weighted by Gasteiger charge is 2.33. The molecule has 0 radical (unpaired) electrons. The van der Waals surface area contributed by atoms with Crippen LogP contribution < -0.4 is 0 Å². The molecule has 80 valence electrons. The summed E-state index contributed by atoms with van der Waals surface area (Å²) in [6.45, 7) is 6.67. The second-order valence-corrected chi connectivity index (χ2v) is 5.27. The van der Waals surface area contributed by atoms with Crippen LogP contribution in [0.3, 0.4) is 0 Å². The van der Waals surface area contributed by atoms with Gasteiger partial charge in [-0.15, -0.1) is 0 Å². The van der Waals surface area contributed by atoms with Crippen LogP contribution in [0.4, 0.5) is 0 Å². The Labute approximate surface area is 86.1 Å². The molecule has 0 spiro atoms. The Balaban J connectivity index is 4.75. The van der Waals surface area contributed by atoms with Gasteiger partial charge in [0.2, 0.25) is 0 Å². The summed E-state index contributed by atoms with van der Waals surface area (Å²) in [5, 5.41) is 0. The van der Waals surface area contributed by atoms with Gasteiger partial charge >= 0.3 is 0 Å². The van der Waals surface area contributed by atoms with E-state index in [1.54, 1.807) is 0 Å². The zero-order valence-electron chi connectivity index (χ0n) is 10.3. The maximum absolute atomic E-state index is 2.50. The van der Waals surface area contributed by atoms with Gasteiger partial charge in [-0.1, -0.05) is 13.8 Å². The SMILES string of the molecule is CCN(CC)C([SiH3])(N(C)C)N(C)C. The smallest absolute Gasteiger partial charge is 0.104 e. The van der Waals surface area contributed by atoms with E-state index in [4.69, 9.17) is 0 Å². The van der Waals surface area contributed by atoms with E-state index in [0.29, 0.717) is 0 Å². The van der Waals surface area contributed by atoms with Gasteiger partial charge in [0.25, 0.3) is 0 Å². The van der Waals surface area contributed by atoms with Gasteiger partial charge in [-0.25, -0.2) is 0 Å². The molecule has 0 rings (SSSR count). The zero-order valence-corrected chi connectivity index (χ0v) is 12.3. The van der Waals surface area contributed by atoms with E-state index >= 15 is 0 Å². The standard InChI is InChI=1S/C9H25N3Si/c1-7-12(8-2)9(13,10(3)4)11(5)6/h7-8H2,1-6,13H3. The summed E-state index contributed by atoms with van der Waals surface area (Å²) in [6, 6.07) is 0. The van der Waals surface area contributed by atoms with Crippen molar-refractivity contribution < 1.29 is 0 Å². The molecule has 0 aliphatic heterocycles. The molecule has 0 aromatic carbocycles. The van der Waals surface area contributed by atoms with Crippen molar-refractivity contribution in [2.24, 2.45) is 0 Å². The van der Waals surface area contributed by atoms with Gasteiger partial charge in [0.1, 0.15) is 5.41 Å². The molecule has 0 aliphatic carbocycles. The summed E-state index contributed by atoms with van der Waals surface area (Å²) in [6.07, 6.45) is 0. The van der Waals surface area contributed by atoms with Crippen molar-refractivity contribution in [1.29, 1.82) is 0 Å². The van der Waals surface area contributed by atoms with Crippen LogP contribution >= 0.6 is 0 Å². The monoisotopic (exact) mass is 203 g/mol. The van der Waals surface area contributed by atoms with Gasteiger partial charge in [-0.3, -0.25) is 14.7 Å². The first kappa shape index (κ1) is 13.1. The first-order valence-corrected chi connectivity index (χ1v) is 6.01. The fourth-order valence-corrected chi connectivity index (χ4v) is 2.42. The normalized spacial score (nSPS) is 13.6. The summed E-state index contributed by atoms with van der Waals surface area (Å²) < 4.78 is 0. The molecule has 3 nitrogen and oxygen atoms in total. The molecule has 0 unspecified atom stereocenters. The molecule has 0 amide bonds. The Morgan fingerprint density at radius 1 is 0.923 bits per heavy atom. The van der Waals surface area contributed by atoms with E-state index in [1.807, 2.05) is 0 Å². The predicted octanol–water partition coefficient (Wildman–Crippen LogP) is -0.572. The molecule has 0 aromatic heterocycles. The first-order valence-electron chi connectivity index (χ1n) is 5.01. The molecule has 0 aromatic rings. The summed E-state index contributed by atoms with van der Waals surface area (Å²) >= 11 is 0. The fourth-order valence-electron chi connectivity index (χ4n) is 1.79. The van der Waals surface area contributed by atoms with Gasteiger partial charge in [0, 0.05) is 0 Å². The maximum Gasteiger partial charge on any atom is 0.104 e. The van der Waals surface area contributed by atoms with Crippen molar-refractivity contribution in [3.8, 4) is 0 Å². The number of rotatable bonds is 5. The van der Waals surface area contributed by atoms with Crippen LogP contribution in [-0.4, -0.2) is 71.6 Å². The van der Waals surface area contributed by atoms with Crippen LogP contribution in [-0.2, 0) is 0 Å². The molecule has 0 atom stereocenters. The summed E-state index contributed by atoms with van der Waals surface area (Å²) in [7, 11) is 9.75. The summed E-state index contributed by atoms with van der Waals surface area (Å²) in [5.74, 6) is 0. The number of hydrogen-bond acceptors (Lipinski definition) is 3. The highest BCUT2D eigenvalue weighted by molar-refractivity contribution is 6.14. The van der Waals surface area contributed by atoms with Crippen LogP contribution in [0.5, 0.6) is 0 Å². The molecule has 0 heterocycles. The van der Waals surface area contributed by atoms with Gasteiger partial charge in [0.05, 0.1) is 10.2 Å². The largest absolute Gasteiger partial charge is 0.283 e. The van der Waals surface area contributed by atoms with Crippen LogP contribution in [0.25, 0.3) is 0 Å². The van der Waals surface area contributed by atoms with Crippen molar-refractivity contribution in [3.05, 3.63) is 0 Å². The van der Waals surface area contributed by atoms with Gasteiger partial charge in [-0.2, -0.15) is 0 Å². The van der Waals surface area contributed by atoms with E-state index in [9.17, 15) is 0 Å². The molecule has 0 bridgehead atoms. The Bertz CT molecular complexity index is 136. The van der Waals surface area contributed by atoms with E-state index in [2.05, 4.69) is 56.7 Å². The Morgan fingerprint density at radius 2 is 1.23 bits per heavy atom. The lowest BCUT2D eigenvalue weighted by Gasteiger charge is -2.50. The highest BCUT2D eigenvalue weighted by Crippen LogP contribution is 2.15. The van der Waals surface area contributed by atoms with E-state index in [0.717, 1.165) is 23.3 Å². The molecule has 4 heteroatoms. The second-order valence-electron chi connectivity index (χ2n) is 3.93. The summed E-state index contributed by atoms with van der Waals surface area (Å²) in [4.78, 5) is 7.12. The lowest BCUT2D eigenvalue weighted by molar-refractivity contribution is -0.0577. The van der Waals surface area contributed by atoms with Crippen LogP contribution in [0, 0.1) is 0 Å². The molecule has 0 saturated carbocycles. The van der Waals surface area contributed by atoms with E-state index in [-0.39, 0.29) is 5.41 Å². The third kappa shape index (κ3) is 2.53. The van der Waals surface area contributed by atoms with E-state index in [1.165, 1.54) is 0 Å². The second kappa shape index (κ2) is 5.10. The molecular weight excluding hydrogens is 178 g/mol. The van der Waals surface area contributed by atoms with Crippen molar-refractivity contribution in [1.82, 2.24) is 14.7 Å². The molecule has 0 aliphatic rings. The molecular formula is C9H25N3Si. The Morgan fingerprint density at radius 3 is 1.31 bits per heavy atom. The van der Waals surface area contributed by atoms with Gasteiger partial charge < -0.3 is 0 Å². The first-order chi connectivity index (χ1) is 5.91. The topological polar surface area (TPSA) is 9.72 Å². The fraction of sp³-hybridized carbons (Fsp3) is 1.00. The van der Waals surface area contributed by atoms with Crippen LogP contribution in [0.1, 0.15) is 13.8 Å². The predicted molar refractivity (Wildman–Crippen MR) is 63.0 cm³/mol. The highest BCUT2D eigenvalue weighted by atomic mass is 28.1. The van der Waals surface area contributed by atoms with Crippen molar-refractivity contribution in [3.63, 3.8) is 0 Å². The van der Waals surface area contributed by atoms with Crippen molar-refractivity contribution in [2.75, 3.05) is 41.3 Å². The lowest BCUT2D eigenvalue weighted by Crippen LogP contribution is -2.66. The number of nitrogens with zero attached hydrogens (tertiary/aromatic N) is 3. The average molecular weight is 203 g/mol. The maximum atomic E-state index is 2.50. The molecule has 13 heavy (non-hydrogen) atoms. The summed E-state index contributed by atoms with van der Waals surface area (Å²) in [5.41, 5.74) is 0.156. The minimum Gasteiger partial charge on any atom is -0.283 e. The third-order valence-corrected chi connectivity index (χ3v) is 5.48. The van der Waals surface area contributed by atoms with Gasteiger partial charge in [0.15, 0.2) is 0 Å².